The first-order chi connectivity index (χ1) is 7.33. The molecule has 0 nitrogen and oxygen atoms in total. The molecule has 0 aromatic heterocycles. The molecule has 0 aromatic carbocycles. The van der Waals surface area contributed by atoms with Crippen molar-refractivity contribution < 1.29 is 0 Å². The molecule has 0 fully saturated rings. The molecule has 0 amide bonds. The highest BCUT2D eigenvalue weighted by Gasteiger charge is 1.87. The van der Waals surface area contributed by atoms with E-state index in [0.717, 1.165) is 0 Å². The molecule has 0 aliphatic carbocycles. The zero-order valence-electron chi connectivity index (χ0n) is 11.4. The van der Waals surface area contributed by atoms with Gasteiger partial charge in [-0.05, 0) is 6.16 Å². The number of hydrogen-bond donors (Lipinski definition) is 0. The molecule has 1 heteroatoms. The fraction of sp³-hybridized carbons (Fsp3) is 1.00. The predicted octanol–water partition coefficient (Wildman–Crippen LogP) is 5.81. The fourth-order valence-electron chi connectivity index (χ4n) is 1.41. The lowest BCUT2D eigenvalue weighted by atomic mass is 10.1. The first kappa shape index (κ1) is 17.8. The molecule has 1 unspecified atom stereocenters. The zero-order chi connectivity index (χ0) is 11.8. The van der Waals surface area contributed by atoms with Gasteiger partial charge in [0.2, 0.25) is 0 Å². The van der Waals surface area contributed by atoms with Crippen molar-refractivity contribution in [3.05, 3.63) is 0 Å². The van der Waals surface area contributed by atoms with Gasteiger partial charge in [-0.1, -0.05) is 85.0 Å². The van der Waals surface area contributed by atoms with Gasteiger partial charge in [0, 0.05) is 0 Å². The van der Waals surface area contributed by atoms with Gasteiger partial charge in [0.15, 0.2) is 0 Å². The molecule has 0 aromatic rings. The Labute approximate surface area is 101 Å². The van der Waals surface area contributed by atoms with Crippen molar-refractivity contribution in [3.63, 3.8) is 0 Å². The van der Waals surface area contributed by atoms with Gasteiger partial charge in [0.05, 0.1) is 0 Å². The monoisotopic (exact) mass is 232 g/mol. The molecule has 1 atom stereocenters. The van der Waals surface area contributed by atoms with Crippen molar-refractivity contribution >= 4 is 9.24 Å². The van der Waals surface area contributed by atoms with Gasteiger partial charge in [-0.2, -0.15) is 0 Å². The maximum absolute atomic E-state index is 2.70. The van der Waals surface area contributed by atoms with Gasteiger partial charge < -0.3 is 0 Å². The number of unbranched alkanes of at least 4 members (excludes halogenated alkanes) is 8. The Kier molecular flexibility index (Phi) is 23.7. The summed E-state index contributed by atoms with van der Waals surface area (Å²) < 4.78 is 0. The largest absolute Gasteiger partial charge is 0.138 e. The highest BCUT2D eigenvalue weighted by molar-refractivity contribution is 7.16. The van der Waals surface area contributed by atoms with Crippen LogP contribution in [0.4, 0.5) is 0 Å². The first-order valence-electron chi connectivity index (χ1n) is 7.03. The van der Waals surface area contributed by atoms with Crippen LogP contribution in [0.25, 0.3) is 0 Å². The van der Waals surface area contributed by atoms with E-state index in [2.05, 4.69) is 30.0 Å². The Bertz CT molecular complexity index is 71.4. The maximum atomic E-state index is 2.70. The molecule has 0 spiro atoms. The first-order valence-corrected chi connectivity index (χ1v) is 7.85. The van der Waals surface area contributed by atoms with Crippen LogP contribution in [0, 0.1) is 0 Å². The molecule has 0 N–H and O–H groups in total. The highest BCUT2D eigenvalue weighted by Crippen LogP contribution is 2.07. The van der Waals surface area contributed by atoms with Crippen molar-refractivity contribution in [2.24, 2.45) is 0 Å². The van der Waals surface area contributed by atoms with Gasteiger partial charge in [-0.15, -0.1) is 9.24 Å². The van der Waals surface area contributed by atoms with E-state index in [1.807, 2.05) is 0 Å². The molecular formula is C14H33P. The second-order valence-corrected chi connectivity index (χ2v) is 4.84. The number of rotatable bonds is 9. The summed E-state index contributed by atoms with van der Waals surface area (Å²) in [5.74, 6) is 0. The van der Waals surface area contributed by atoms with Crippen LogP contribution < -0.4 is 0 Å². The van der Waals surface area contributed by atoms with E-state index in [4.69, 9.17) is 0 Å². The summed E-state index contributed by atoms with van der Waals surface area (Å²) in [6.07, 6.45) is 15.4. The van der Waals surface area contributed by atoms with E-state index >= 15 is 0 Å². The van der Waals surface area contributed by atoms with Crippen LogP contribution in [0.5, 0.6) is 0 Å². The lowest BCUT2D eigenvalue weighted by Gasteiger charge is -1.97. The van der Waals surface area contributed by atoms with Gasteiger partial charge in [-0.25, -0.2) is 0 Å². The van der Waals surface area contributed by atoms with E-state index < -0.39 is 0 Å². The normalized spacial score (nSPS) is 9.60. The van der Waals surface area contributed by atoms with E-state index in [9.17, 15) is 0 Å². The average molecular weight is 232 g/mol. The standard InChI is InChI=1S/C10H22.C4H11P/c1-3-5-7-9-10-8-6-4-2;1-2-3-4-5/h3-10H2,1-2H3;2-5H2,1H3. The van der Waals surface area contributed by atoms with Crippen LogP contribution in [-0.2, 0) is 0 Å². The molecule has 0 heterocycles. The van der Waals surface area contributed by atoms with E-state index in [1.165, 1.54) is 70.4 Å². The van der Waals surface area contributed by atoms with Crippen molar-refractivity contribution in [1.82, 2.24) is 0 Å². The Morgan fingerprint density at radius 3 is 1.07 bits per heavy atom. The minimum Gasteiger partial charge on any atom is -0.138 e. The van der Waals surface area contributed by atoms with Crippen molar-refractivity contribution in [2.45, 2.75) is 85.0 Å². The Hall–Kier alpha value is 0.430. The summed E-state index contributed by atoms with van der Waals surface area (Å²) in [6, 6.07) is 0. The van der Waals surface area contributed by atoms with E-state index in [0.29, 0.717) is 0 Å². The third kappa shape index (κ3) is 25.1. The Morgan fingerprint density at radius 1 is 0.533 bits per heavy atom. The van der Waals surface area contributed by atoms with Crippen molar-refractivity contribution in [3.8, 4) is 0 Å². The Balaban J connectivity index is 0. The lowest BCUT2D eigenvalue weighted by Crippen LogP contribution is -1.77. The van der Waals surface area contributed by atoms with Crippen LogP contribution in [0.15, 0.2) is 0 Å². The molecule has 0 aliphatic heterocycles. The summed E-state index contributed by atoms with van der Waals surface area (Å²) in [4.78, 5) is 0. The van der Waals surface area contributed by atoms with Gasteiger partial charge in [-0.3, -0.25) is 0 Å². The molecule has 0 saturated heterocycles. The van der Waals surface area contributed by atoms with Gasteiger partial charge in [0.1, 0.15) is 0 Å². The van der Waals surface area contributed by atoms with Gasteiger partial charge >= 0.3 is 0 Å². The molecule has 0 bridgehead atoms. The second kappa shape index (κ2) is 19.9. The van der Waals surface area contributed by atoms with E-state index in [-0.39, 0.29) is 0 Å². The summed E-state index contributed by atoms with van der Waals surface area (Å²) >= 11 is 0. The SMILES string of the molecule is CCCCCCCCCC.CCCCP. The fourth-order valence-corrected chi connectivity index (χ4v) is 1.82. The lowest BCUT2D eigenvalue weighted by molar-refractivity contribution is 0.585. The summed E-state index contributed by atoms with van der Waals surface area (Å²) in [5.41, 5.74) is 0. The smallest absolute Gasteiger partial charge is 0.0381 e. The number of hydrogen-bond acceptors (Lipinski definition) is 0. The third-order valence-corrected chi connectivity index (χ3v) is 2.92. The molecule has 15 heavy (non-hydrogen) atoms. The topological polar surface area (TPSA) is 0 Å². The molecule has 94 valence electrons. The molecular weight excluding hydrogens is 199 g/mol. The van der Waals surface area contributed by atoms with E-state index in [1.54, 1.807) is 0 Å². The molecule has 0 saturated carbocycles. The van der Waals surface area contributed by atoms with Crippen molar-refractivity contribution in [1.29, 1.82) is 0 Å². The summed E-state index contributed by atoms with van der Waals surface area (Å²) in [7, 11) is 2.70. The average Bonchev–Trinajstić information content (AvgIpc) is 2.25. The van der Waals surface area contributed by atoms with Gasteiger partial charge in [0.25, 0.3) is 0 Å². The molecule has 0 aliphatic rings. The minimum atomic E-state index is 1.26. The predicted molar refractivity (Wildman–Crippen MR) is 77.8 cm³/mol. The minimum absolute atomic E-state index is 1.26. The van der Waals surface area contributed by atoms with Crippen molar-refractivity contribution in [2.75, 3.05) is 6.16 Å². The van der Waals surface area contributed by atoms with Crippen LogP contribution in [0.2, 0.25) is 0 Å². The van der Waals surface area contributed by atoms with Crippen LogP contribution in [0.3, 0.4) is 0 Å². The summed E-state index contributed by atoms with van der Waals surface area (Å²) in [5, 5.41) is 0. The van der Waals surface area contributed by atoms with Crippen LogP contribution >= 0.6 is 9.24 Å². The quantitative estimate of drug-likeness (QED) is 0.347. The molecule has 0 rings (SSSR count). The highest BCUT2D eigenvalue weighted by atomic mass is 31.0. The molecule has 0 radical (unpaired) electrons. The Morgan fingerprint density at radius 2 is 0.867 bits per heavy atom. The second-order valence-electron chi connectivity index (χ2n) is 4.26. The third-order valence-electron chi connectivity index (χ3n) is 2.51. The maximum Gasteiger partial charge on any atom is -0.0381 e. The summed E-state index contributed by atoms with van der Waals surface area (Å²) in [6.45, 7) is 6.74. The van der Waals surface area contributed by atoms with Crippen LogP contribution in [-0.4, -0.2) is 6.16 Å². The zero-order valence-corrected chi connectivity index (χ0v) is 12.5. The van der Waals surface area contributed by atoms with Crippen LogP contribution in [0.1, 0.15) is 85.0 Å².